The van der Waals surface area contributed by atoms with E-state index in [9.17, 15) is 9.59 Å². The van der Waals surface area contributed by atoms with Gasteiger partial charge in [-0.05, 0) is 26.7 Å². The van der Waals surface area contributed by atoms with E-state index in [1.54, 1.807) is 0 Å². The van der Waals surface area contributed by atoms with E-state index in [0.29, 0.717) is 6.42 Å². The summed E-state index contributed by atoms with van der Waals surface area (Å²) in [7, 11) is 0. The molecule has 1 amide bonds. The third-order valence-corrected chi connectivity index (χ3v) is 4.25. The Hall–Kier alpha value is -1.06. The van der Waals surface area contributed by atoms with Crippen molar-refractivity contribution >= 4 is 11.9 Å². The first-order chi connectivity index (χ1) is 12.1. The molecule has 0 aromatic rings. The molecule has 0 atom stereocenters. The lowest BCUT2D eigenvalue weighted by atomic mass is 10.1. The van der Waals surface area contributed by atoms with Crippen molar-refractivity contribution in [2.24, 2.45) is 0 Å². The summed E-state index contributed by atoms with van der Waals surface area (Å²) in [5.74, 6) is 0.168. The zero-order valence-electron chi connectivity index (χ0n) is 16.9. The Morgan fingerprint density at radius 3 is 1.84 bits per heavy atom. The minimum Gasteiger partial charge on any atom is -0.463 e. The van der Waals surface area contributed by atoms with E-state index in [2.05, 4.69) is 12.2 Å². The zero-order valence-corrected chi connectivity index (χ0v) is 16.9. The maximum atomic E-state index is 11.3. The van der Waals surface area contributed by atoms with Gasteiger partial charge in [-0.1, -0.05) is 71.1 Å². The van der Waals surface area contributed by atoms with Gasteiger partial charge >= 0.3 is 5.97 Å². The van der Waals surface area contributed by atoms with Gasteiger partial charge in [-0.3, -0.25) is 9.59 Å². The van der Waals surface area contributed by atoms with Crippen molar-refractivity contribution in [2.75, 3.05) is 6.54 Å². The molecule has 0 saturated carbocycles. The van der Waals surface area contributed by atoms with Crippen LogP contribution in [0.2, 0.25) is 0 Å². The summed E-state index contributed by atoms with van der Waals surface area (Å²) in [6.07, 6.45) is 16.8. The largest absolute Gasteiger partial charge is 0.463 e. The van der Waals surface area contributed by atoms with Gasteiger partial charge in [0.25, 0.3) is 0 Å². The molecule has 0 bridgehead atoms. The highest BCUT2D eigenvalue weighted by atomic mass is 16.5. The molecular weight excluding hydrogens is 314 g/mol. The number of carbonyl (C=O) groups excluding carboxylic acids is 2. The van der Waals surface area contributed by atoms with Crippen molar-refractivity contribution < 1.29 is 14.3 Å². The lowest BCUT2D eigenvalue weighted by Gasteiger charge is -2.07. The molecule has 0 aromatic carbocycles. The fraction of sp³-hybridized carbons (Fsp3) is 0.905. The highest BCUT2D eigenvalue weighted by Gasteiger charge is 2.05. The average molecular weight is 356 g/mol. The van der Waals surface area contributed by atoms with E-state index in [1.165, 1.54) is 64.2 Å². The van der Waals surface area contributed by atoms with Crippen LogP contribution in [0.25, 0.3) is 0 Å². The molecule has 148 valence electrons. The minimum absolute atomic E-state index is 0.0280. The van der Waals surface area contributed by atoms with E-state index in [1.807, 2.05) is 13.8 Å². The quantitative estimate of drug-likeness (QED) is 0.349. The Bertz CT molecular complexity index is 321. The minimum atomic E-state index is -0.0362. The molecule has 1 saturated heterocycles. The van der Waals surface area contributed by atoms with Crippen LogP contribution in [-0.2, 0) is 14.3 Å². The first kappa shape index (κ1) is 23.9. The van der Waals surface area contributed by atoms with Crippen LogP contribution in [0.5, 0.6) is 0 Å². The molecule has 1 aliphatic rings. The Kier molecular flexibility index (Phi) is 17.0. The topological polar surface area (TPSA) is 55.4 Å². The SMILES string of the molecule is CCCCCCCCCCCCCC(=O)OC(C)C.O=C1CCCN1. The van der Waals surface area contributed by atoms with Crippen molar-refractivity contribution in [3.63, 3.8) is 0 Å². The Balaban J connectivity index is 0.000000796. The van der Waals surface area contributed by atoms with Gasteiger partial charge in [0, 0.05) is 19.4 Å². The number of carbonyl (C=O) groups is 2. The summed E-state index contributed by atoms with van der Waals surface area (Å²) in [4.78, 5) is 21.4. The van der Waals surface area contributed by atoms with Gasteiger partial charge in [0.1, 0.15) is 0 Å². The summed E-state index contributed by atoms with van der Waals surface area (Å²) in [5, 5.41) is 2.68. The van der Waals surface area contributed by atoms with Gasteiger partial charge in [0.05, 0.1) is 6.10 Å². The van der Waals surface area contributed by atoms with Crippen molar-refractivity contribution in [1.29, 1.82) is 0 Å². The standard InChI is InChI=1S/C17H34O2.C4H7NO/c1-4-5-6-7-8-9-10-11-12-13-14-15-17(18)19-16(2)3;6-4-2-1-3-5-4/h16H,4-15H2,1-3H3;1-3H2,(H,5,6). The predicted molar refractivity (Wildman–Crippen MR) is 105 cm³/mol. The van der Waals surface area contributed by atoms with Crippen molar-refractivity contribution in [1.82, 2.24) is 5.32 Å². The average Bonchev–Trinajstić information content (AvgIpc) is 3.03. The van der Waals surface area contributed by atoms with Gasteiger partial charge in [-0.2, -0.15) is 0 Å². The van der Waals surface area contributed by atoms with E-state index >= 15 is 0 Å². The molecule has 4 heteroatoms. The summed E-state index contributed by atoms with van der Waals surface area (Å²) in [6.45, 7) is 6.95. The number of amides is 1. The van der Waals surface area contributed by atoms with Crippen LogP contribution >= 0.6 is 0 Å². The molecule has 0 radical (unpaired) electrons. The Morgan fingerprint density at radius 1 is 0.960 bits per heavy atom. The summed E-state index contributed by atoms with van der Waals surface area (Å²) in [6, 6.07) is 0. The molecule has 0 spiro atoms. The normalized spacial score (nSPS) is 13.4. The van der Waals surface area contributed by atoms with Gasteiger partial charge < -0.3 is 10.1 Å². The Labute approximate surface area is 155 Å². The first-order valence-corrected chi connectivity index (χ1v) is 10.5. The first-order valence-electron chi connectivity index (χ1n) is 10.5. The molecule has 0 aliphatic carbocycles. The molecule has 25 heavy (non-hydrogen) atoms. The maximum absolute atomic E-state index is 11.3. The van der Waals surface area contributed by atoms with Crippen LogP contribution in [0.4, 0.5) is 0 Å². The monoisotopic (exact) mass is 355 g/mol. The molecule has 1 N–H and O–H groups in total. The van der Waals surface area contributed by atoms with E-state index in [0.717, 1.165) is 25.8 Å². The van der Waals surface area contributed by atoms with Crippen LogP contribution in [0.15, 0.2) is 0 Å². The highest BCUT2D eigenvalue weighted by molar-refractivity contribution is 5.77. The fourth-order valence-corrected chi connectivity index (χ4v) is 2.82. The number of hydrogen-bond acceptors (Lipinski definition) is 3. The molecule has 1 fully saturated rings. The molecule has 0 unspecified atom stereocenters. The lowest BCUT2D eigenvalue weighted by molar-refractivity contribution is -0.147. The highest BCUT2D eigenvalue weighted by Crippen LogP contribution is 2.12. The van der Waals surface area contributed by atoms with Crippen LogP contribution in [0.3, 0.4) is 0 Å². The Morgan fingerprint density at radius 2 is 1.48 bits per heavy atom. The molecule has 1 heterocycles. The van der Waals surface area contributed by atoms with Gasteiger partial charge in [-0.15, -0.1) is 0 Å². The number of unbranched alkanes of at least 4 members (excludes halogenated alkanes) is 10. The molecule has 1 rings (SSSR count). The van der Waals surface area contributed by atoms with E-state index in [-0.39, 0.29) is 18.0 Å². The fourth-order valence-electron chi connectivity index (χ4n) is 2.82. The summed E-state index contributed by atoms with van der Waals surface area (Å²) < 4.78 is 5.10. The second-order valence-corrected chi connectivity index (χ2v) is 7.28. The summed E-state index contributed by atoms with van der Waals surface area (Å²) in [5.41, 5.74) is 0. The smallest absolute Gasteiger partial charge is 0.306 e. The van der Waals surface area contributed by atoms with Gasteiger partial charge in [0.2, 0.25) is 5.91 Å². The number of nitrogens with one attached hydrogen (secondary N) is 1. The van der Waals surface area contributed by atoms with Crippen LogP contribution in [0, 0.1) is 0 Å². The number of esters is 1. The third-order valence-electron chi connectivity index (χ3n) is 4.25. The van der Waals surface area contributed by atoms with Crippen molar-refractivity contribution in [2.45, 2.75) is 117 Å². The zero-order chi connectivity index (χ0) is 18.8. The van der Waals surface area contributed by atoms with Crippen LogP contribution < -0.4 is 5.32 Å². The van der Waals surface area contributed by atoms with Crippen molar-refractivity contribution in [3.8, 4) is 0 Å². The number of rotatable bonds is 13. The predicted octanol–water partition coefficient (Wildman–Crippen LogP) is 5.54. The summed E-state index contributed by atoms with van der Waals surface area (Å²) >= 11 is 0. The number of hydrogen-bond donors (Lipinski definition) is 1. The van der Waals surface area contributed by atoms with E-state index < -0.39 is 0 Å². The number of ether oxygens (including phenoxy) is 1. The molecular formula is C21H41NO3. The van der Waals surface area contributed by atoms with Crippen LogP contribution in [0.1, 0.15) is 111 Å². The molecule has 1 aliphatic heterocycles. The van der Waals surface area contributed by atoms with E-state index in [4.69, 9.17) is 4.74 Å². The second-order valence-electron chi connectivity index (χ2n) is 7.28. The van der Waals surface area contributed by atoms with Gasteiger partial charge in [0.15, 0.2) is 0 Å². The third kappa shape index (κ3) is 19.1. The molecule has 0 aromatic heterocycles. The lowest BCUT2D eigenvalue weighted by Crippen LogP contribution is -2.12. The maximum Gasteiger partial charge on any atom is 0.306 e. The second kappa shape index (κ2) is 17.8. The van der Waals surface area contributed by atoms with Gasteiger partial charge in [-0.25, -0.2) is 0 Å². The molecule has 4 nitrogen and oxygen atoms in total. The van der Waals surface area contributed by atoms with Crippen molar-refractivity contribution in [3.05, 3.63) is 0 Å². The van der Waals surface area contributed by atoms with Crippen LogP contribution in [-0.4, -0.2) is 24.5 Å².